The maximum atomic E-state index is 13.9. The van der Waals surface area contributed by atoms with Crippen LogP contribution in [0.25, 0.3) is 22.5 Å². The van der Waals surface area contributed by atoms with Crippen molar-refractivity contribution in [1.29, 1.82) is 5.26 Å². The fourth-order valence-corrected chi connectivity index (χ4v) is 3.03. The van der Waals surface area contributed by atoms with E-state index in [9.17, 15) is 8.78 Å². The van der Waals surface area contributed by atoms with E-state index >= 15 is 0 Å². The standard InChI is InChI=1S/C16H9F2N2.C10H10N2.CN.Ir/c17-13-10-14(18)12(16-6-2-4-8-20-16)9-11(13)15-5-1-3-7-19-15;1-11-7-8-12(9-11)10-5-3-2-4-6-10;1-2;/h1-8,10H;2-5,7-9H,1H3;;/q-1;-2;-1;. The van der Waals surface area contributed by atoms with Gasteiger partial charge in [0.2, 0.25) is 0 Å². The number of pyridine rings is 2. The molecule has 0 saturated heterocycles. The van der Waals surface area contributed by atoms with Crippen molar-refractivity contribution in [3.8, 4) is 22.5 Å². The molecule has 4 aromatic rings. The van der Waals surface area contributed by atoms with Gasteiger partial charge in [0.1, 0.15) is 0 Å². The second-order valence-electron chi connectivity index (χ2n) is 6.88. The molecular formula is C27H19F2IrN5-4. The van der Waals surface area contributed by atoms with Crippen LogP contribution in [0.2, 0.25) is 0 Å². The van der Waals surface area contributed by atoms with E-state index in [0.717, 1.165) is 11.8 Å². The Bertz CT molecular complexity index is 1180. The zero-order valence-corrected chi connectivity index (χ0v) is 21.0. The van der Waals surface area contributed by atoms with E-state index in [1.807, 2.05) is 60.2 Å². The Kier molecular flexibility index (Phi) is 10.7. The molecule has 2 aromatic heterocycles. The zero-order chi connectivity index (χ0) is 24.3. The first-order chi connectivity index (χ1) is 16.6. The van der Waals surface area contributed by atoms with Gasteiger partial charge in [-0.3, -0.25) is 18.7 Å². The van der Waals surface area contributed by atoms with Crippen molar-refractivity contribution < 1.29 is 28.9 Å². The van der Waals surface area contributed by atoms with Gasteiger partial charge in [0, 0.05) is 43.9 Å². The molecule has 0 amide bonds. The Labute approximate surface area is 217 Å². The first-order valence-electron chi connectivity index (χ1n) is 10.1. The van der Waals surface area contributed by atoms with Gasteiger partial charge in [-0.15, -0.1) is 11.8 Å². The largest absolute Gasteiger partial charge is 0.512 e. The molecule has 1 aliphatic rings. The third-order valence-electron chi connectivity index (χ3n) is 4.56. The summed E-state index contributed by atoms with van der Waals surface area (Å²) in [4.78, 5) is 12.1. The van der Waals surface area contributed by atoms with E-state index in [4.69, 9.17) is 11.8 Å². The summed E-state index contributed by atoms with van der Waals surface area (Å²) in [5, 5.41) is 6.25. The Morgan fingerprint density at radius 2 is 1.43 bits per heavy atom. The van der Waals surface area contributed by atoms with E-state index in [0.29, 0.717) is 11.4 Å². The Balaban J connectivity index is 0.000000247. The van der Waals surface area contributed by atoms with E-state index < -0.39 is 11.6 Å². The predicted octanol–water partition coefficient (Wildman–Crippen LogP) is 5.81. The van der Waals surface area contributed by atoms with Crippen LogP contribution in [0.3, 0.4) is 0 Å². The van der Waals surface area contributed by atoms with Gasteiger partial charge in [-0.2, -0.15) is 37.0 Å². The summed E-state index contributed by atoms with van der Waals surface area (Å²) in [6.45, 7) is 6.76. The third kappa shape index (κ3) is 7.28. The maximum Gasteiger partial charge on any atom is 0.0600 e. The topological polar surface area (TPSA) is 56.1 Å². The number of rotatable bonds is 3. The van der Waals surface area contributed by atoms with Gasteiger partial charge in [0.25, 0.3) is 0 Å². The molecule has 0 atom stereocenters. The average molecular weight is 644 g/mol. The first-order valence-corrected chi connectivity index (χ1v) is 10.1. The number of halogens is 2. The predicted molar refractivity (Wildman–Crippen MR) is 126 cm³/mol. The van der Waals surface area contributed by atoms with Crippen LogP contribution in [-0.4, -0.2) is 21.9 Å². The number of anilines is 1. The van der Waals surface area contributed by atoms with Gasteiger partial charge < -0.3 is 21.6 Å². The van der Waals surface area contributed by atoms with E-state index in [2.05, 4.69) is 22.1 Å². The summed E-state index contributed by atoms with van der Waals surface area (Å²) in [6.07, 6.45) is 7.10. The van der Waals surface area contributed by atoms with Crippen molar-refractivity contribution in [1.82, 2.24) is 14.9 Å². The summed E-state index contributed by atoms with van der Waals surface area (Å²) < 4.78 is 27.8. The van der Waals surface area contributed by atoms with Gasteiger partial charge in [-0.1, -0.05) is 41.5 Å². The molecule has 1 aliphatic heterocycles. The molecule has 35 heavy (non-hydrogen) atoms. The molecular weight excluding hydrogens is 625 g/mol. The van der Waals surface area contributed by atoms with Crippen molar-refractivity contribution in [2.75, 3.05) is 11.9 Å². The molecule has 5 nitrogen and oxygen atoms in total. The molecule has 8 heteroatoms. The summed E-state index contributed by atoms with van der Waals surface area (Å²) in [5.74, 6) is -1.39. The van der Waals surface area contributed by atoms with Crippen molar-refractivity contribution >= 4 is 5.69 Å². The molecule has 0 saturated carbocycles. The van der Waals surface area contributed by atoms with Crippen LogP contribution in [0, 0.1) is 42.3 Å². The zero-order valence-electron chi connectivity index (χ0n) is 18.6. The van der Waals surface area contributed by atoms with Crippen LogP contribution in [0.4, 0.5) is 14.5 Å². The van der Waals surface area contributed by atoms with E-state index in [1.54, 1.807) is 48.8 Å². The minimum absolute atomic E-state index is 0. The summed E-state index contributed by atoms with van der Waals surface area (Å²) >= 11 is 0. The molecule has 0 N–H and O–H groups in total. The quantitative estimate of drug-likeness (QED) is 0.264. The fourth-order valence-electron chi connectivity index (χ4n) is 3.03. The van der Waals surface area contributed by atoms with Gasteiger partial charge >= 0.3 is 0 Å². The fraction of sp³-hybridized carbons (Fsp3) is 0.0370. The Hall–Kier alpha value is -3.92. The summed E-state index contributed by atoms with van der Waals surface area (Å²) in [6, 6.07) is 24.9. The molecule has 3 heterocycles. The number of benzene rings is 2. The minimum Gasteiger partial charge on any atom is -0.512 e. The van der Waals surface area contributed by atoms with Gasteiger partial charge in [0.15, 0.2) is 0 Å². The second kappa shape index (κ2) is 13.7. The molecule has 0 spiro atoms. The van der Waals surface area contributed by atoms with Crippen molar-refractivity contribution in [3.63, 3.8) is 0 Å². The Morgan fingerprint density at radius 1 is 0.857 bits per heavy atom. The monoisotopic (exact) mass is 644 g/mol. The Morgan fingerprint density at radius 3 is 1.86 bits per heavy atom. The van der Waals surface area contributed by atoms with Gasteiger partial charge in [-0.25, -0.2) is 0 Å². The van der Waals surface area contributed by atoms with E-state index in [1.165, 1.54) is 0 Å². The molecule has 179 valence electrons. The van der Waals surface area contributed by atoms with Crippen molar-refractivity contribution in [2.24, 2.45) is 0 Å². The average Bonchev–Trinajstić information content (AvgIpc) is 3.34. The van der Waals surface area contributed by atoms with Crippen molar-refractivity contribution in [3.05, 3.63) is 129 Å². The van der Waals surface area contributed by atoms with E-state index in [-0.39, 0.29) is 31.2 Å². The number of aromatic nitrogens is 2. The maximum absolute atomic E-state index is 13.9. The molecule has 1 radical (unpaired) electrons. The smallest absolute Gasteiger partial charge is 0.0600 e. The minimum atomic E-state index is -0.694. The van der Waals surface area contributed by atoms with Crippen LogP contribution in [0.5, 0.6) is 0 Å². The summed E-state index contributed by atoms with van der Waals surface area (Å²) in [5.41, 5.74) is 2.14. The number of nitrogens with zero attached hydrogens (tertiary/aromatic N) is 5. The SMILES string of the molecule is CN1C=CN(c2[c-]cccc2)[CH-]1.Fc1cc(F)c(-c2ccccn2)[c-]c1-c1ccccn1.[C-]#N.[Ir]. The molecule has 2 aromatic carbocycles. The van der Waals surface area contributed by atoms with Crippen LogP contribution in [0.1, 0.15) is 0 Å². The first kappa shape index (κ1) is 27.3. The third-order valence-corrected chi connectivity index (χ3v) is 4.56. The number of hydrogen-bond donors (Lipinski definition) is 0. The number of hydrogen-bond acceptors (Lipinski definition) is 5. The second-order valence-corrected chi connectivity index (χ2v) is 6.88. The number of para-hydroxylation sites is 1. The van der Waals surface area contributed by atoms with Crippen LogP contribution in [-0.2, 0) is 20.1 Å². The van der Waals surface area contributed by atoms with Crippen molar-refractivity contribution in [2.45, 2.75) is 0 Å². The molecule has 0 fully saturated rings. The van der Waals surface area contributed by atoms with Crippen LogP contribution < -0.4 is 4.90 Å². The molecule has 5 rings (SSSR count). The summed E-state index contributed by atoms with van der Waals surface area (Å²) in [7, 11) is 2.00. The van der Waals surface area contributed by atoms with Crippen LogP contribution in [0.15, 0.2) is 91.5 Å². The van der Waals surface area contributed by atoms with Crippen LogP contribution >= 0.6 is 0 Å². The normalized spacial score (nSPS) is 11.5. The molecule has 0 unspecified atom stereocenters. The molecule has 0 bridgehead atoms. The van der Waals surface area contributed by atoms with Gasteiger partial charge in [-0.05, 0) is 31.6 Å². The molecule has 0 aliphatic carbocycles. The van der Waals surface area contributed by atoms with Gasteiger partial charge in [0.05, 0.1) is 11.6 Å².